The molecule has 2 aromatic rings. The fourth-order valence-corrected chi connectivity index (χ4v) is 3.87. The third-order valence-electron chi connectivity index (χ3n) is 4.64. The number of sulfonamides is 1. The van der Waals surface area contributed by atoms with Gasteiger partial charge in [0.05, 0.1) is 4.90 Å². The standard InChI is InChI=1S/C21H27N3O4S/c1-13(2)19(24-20(25)17-9-7-6-8-14(17)3)21(26)23-16-11-10-15(4)18(12-16)29(27,28)22-5/h6-13,19,22H,1-5H3,(H,23,26)(H,24,25)/t19-/m0/s1. The maximum Gasteiger partial charge on any atom is 0.252 e. The van der Waals surface area contributed by atoms with Gasteiger partial charge in [-0.15, -0.1) is 0 Å². The molecule has 0 radical (unpaired) electrons. The smallest absolute Gasteiger partial charge is 0.252 e. The van der Waals surface area contributed by atoms with Gasteiger partial charge >= 0.3 is 0 Å². The maximum atomic E-state index is 12.8. The van der Waals surface area contributed by atoms with Crippen molar-refractivity contribution in [2.45, 2.75) is 38.6 Å². The van der Waals surface area contributed by atoms with Crippen molar-refractivity contribution in [3.63, 3.8) is 0 Å². The Balaban J connectivity index is 2.24. The lowest BCUT2D eigenvalue weighted by Crippen LogP contribution is -2.47. The zero-order chi connectivity index (χ0) is 21.8. The van der Waals surface area contributed by atoms with Crippen molar-refractivity contribution in [2.75, 3.05) is 12.4 Å². The second kappa shape index (κ2) is 9.19. The van der Waals surface area contributed by atoms with Crippen LogP contribution in [0.2, 0.25) is 0 Å². The van der Waals surface area contributed by atoms with E-state index < -0.39 is 22.0 Å². The Labute approximate surface area is 172 Å². The Kier molecular flexibility index (Phi) is 7.16. The number of nitrogens with one attached hydrogen (secondary N) is 3. The highest BCUT2D eigenvalue weighted by Crippen LogP contribution is 2.20. The molecule has 0 aliphatic heterocycles. The molecule has 0 heterocycles. The Morgan fingerprint density at radius 1 is 0.966 bits per heavy atom. The second-order valence-electron chi connectivity index (χ2n) is 7.19. The Hall–Kier alpha value is -2.71. The number of aryl methyl sites for hydroxylation is 2. The van der Waals surface area contributed by atoms with Crippen molar-refractivity contribution in [1.82, 2.24) is 10.0 Å². The van der Waals surface area contributed by atoms with Crippen molar-refractivity contribution in [1.29, 1.82) is 0 Å². The minimum atomic E-state index is -3.65. The average Bonchev–Trinajstić information content (AvgIpc) is 2.67. The van der Waals surface area contributed by atoms with Gasteiger partial charge in [0.25, 0.3) is 5.91 Å². The molecule has 1 atom stereocenters. The van der Waals surface area contributed by atoms with E-state index in [1.54, 1.807) is 31.2 Å². The molecule has 0 aromatic heterocycles. The van der Waals surface area contributed by atoms with Crippen molar-refractivity contribution < 1.29 is 18.0 Å². The molecule has 2 aromatic carbocycles. The summed E-state index contributed by atoms with van der Waals surface area (Å²) in [6, 6.07) is 11.0. The molecule has 0 saturated carbocycles. The van der Waals surface area contributed by atoms with Crippen LogP contribution in [-0.4, -0.2) is 33.3 Å². The predicted molar refractivity (Wildman–Crippen MR) is 113 cm³/mol. The van der Waals surface area contributed by atoms with Gasteiger partial charge in [0.1, 0.15) is 6.04 Å². The van der Waals surface area contributed by atoms with Crippen molar-refractivity contribution in [3.05, 3.63) is 59.2 Å². The van der Waals surface area contributed by atoms with Crippen LogP contribution in [0, 0.1) is 19.8 Å². The molecular weight excluding hydrogens is 390 g/mol. The van der Waals surface area contributed by atoms with E-state index in [0.29, 0.717) is 16.8 Å². The number of amides is 2. The van der Waals surface area contributed by atoms with Crippen LogP contribution in [0.1, 0.15) is 35.3 Å². The number of hydrogen-bond donors (Lipinski definition) is 3. The molecule has 0 aliphatic rings. The lowest BCUT2D eigenvalue weighted by Gasteiger charge is -2.22. The van der Waals surface area contributed by atoms with E-state index in [9.17, 15) is 18.0 Å². The largest absolute Gasteiger partial charge is 0.340 e. The summed E-state index contributed by atoms with van der Waals surface area (Å²) in [5, 5.41) is 5.49. The van der Waals surface area contributed by atoms with Crippen molar-refractivity contribution >= 4 is 27.5 Å². The molecule has 3 N–H and O–H groups in total. The van der Waals surface area contributed by atoms with Gasteiger partial charge in [0.15, 0.2) is 0 Å². The van der Waals surface area contributed by atoms with Crippen molar-refractivity contribution in [3.8, 4) is 0 Å². The number of carbonyl (C=O) groups is 2. The highest BCUT2D eigenvalue weighted by Gasteiger charge is 2.26. The first-order valence-corrected chi connectivity index (χ1v) is 10.8. The predicted octanol–water partition coefficient (Wildman–Crippen LogP) is 2.60. The van der Waals surface area contributed by atoms with Crippen LogP contribution in [-0.2, 0) is 14.8 Å². The molecule has 156 valence electrons. The molecule has 2 amide bonds. The quantitative estimate of drug-likeness (QED) is 0.644. The number of hydrogen-bond acceptors (Lipinski definition) is 4. The number of carbonyl (C=O) groups excluding carboxylic acids is 2. The monoisotopic (exact) mass is 417 g/mol. The van der Waals surface area contributed by atoms with Crippen LogP contribution in [0.5, 0.6) is 0 Å². The first-order chi connectivity index (χ1) is 13.6. The summed E-state index contributed by atoms with van der Waals surface area (Å²) in [4.78, 5) is 25.5. The van der Waals surface area contributed by atoms with Gasteiger partial charge in [0.2, 0.25) is 15.9 Å². The van der Waals surface area contributed by atoms with Gasteiger partial charge in [-0.05, 0) is 56.1 Å². The normalized spacial score (nSPS) is 12.5. The highest BCUT2D eigenvalue weighted by atomic mass is 32.2. The van der Waals surface area contributed by atoms with Gasteiger partial charge in [-0.25, -0.2) is 13.1 Å². The molecule has 2 rings (SSSR count). The third kappa shape index (κ3) is 5.42. The summed E-state index contributed by atoms with van der Waals surface area (Å²) in [5.41, 5.74) is 2.22. The van der Waals surface area contributed by atoms with E-state index in [0.717, 1.165) is 5.56 Å². The molecule has 0 bridgehead atoms. The van der Waals surface area contributed by atoms with Gasteiger partial charge in [-0.2, -0.15) is 0 Å². The first kappa shape index (κ1) is 22.6. The summed E-state index contributed by atoms with van der Waals surface area (Å²) in [6.45, 7) is 7.16. The third-order valence-corrected chi connectivity index (χ3v) is 6.20. The topological polar surface area (TPSA) is 104 Å². The molecule has 8 heteroatoms. The molecule has 7 nitrogen and oxygen atoms in total. The van der Waals surface area contributed by atoms with Crippen LogP contribution in [0.4, 0.5) is 5.69 Å². The Morgan fingerprint density at radius 2 is 1.62 bits per heavy atom. The van der Waals surface area contributed by atoms with Crippen LogP contribution in [0.3, 0.4) is 0 Å². The van der Waals surface area contributed by atoms with Crippen LogP contribution in [0.15, 0.2) is 47.4 Å². The summed E-state index contributed by atoms with van der Waals surface area (Å²) in [6.07, 6.45) is 0. The first-order valence-electron chi connectivity index (χ1n) is 9.28. The number of benzene rings is 2. The Morgan fingerprint density at radius 3 is 2.21 bits per heavy atom. The lowest BCUT2D eigenvalue weighted by atomic mass is 10.0. The molecule has 0 unspecified atom stereocenters. The van der Waals surface area contributed by atoms with Gasteiger partial charge in [0, 0.05) is 11.3 Å². The molecule has 0 fully saturated rings. The van der Waals surface area contributed by atoms with E-state index in [1.807, 2.05) is 32.9 Å². The summed E-state index contributed by atoms with van der Waals surface area (Å²) in [7, 11) is -2.33. The molecule has 0 saturated heterocycles. The molecule has 0 spiro atoms. The fourth-order valence-electron chi connectivity index (χ4n) is 2.88. The van der Waals surface area contributed by atoms with Crippen LogP contribution < -0.4 is 15.4 Å². The zero-order valence-corrected chi connectivity index (χ0v) is 18.1. The minimum Gasteiger partial charge on any atom is -0.340 e. The van der Waals surface area contributed by atoms with E-state index in [4.69, 9.17) is 0 Å². The number of anilines is 1. The van der Waals surface area contributed by atoms with Gasteiger partial charge < -0.3 is 10.6 Å². The molecule has 0 aliphatic carbocycles. The Bertz CT molecular complexity index is 1020. The maximum absolute atomic E-state index is 12.8. The fraction of sp³-hybridized carbons (Fsp3) is 0.333. The molecular formula is C21H27N3O4S. The highest BCUT2D eigenvalue weighted by molar-refractivity contribution is 7.89. The lowest BCUT2D eigenvalue weighted by molar-refractivity contribution is -0.118. The summed E-state index contributed by atoms with van der Waals surface area (Å²) in [5.74, 6) is -0.924. The SMILES string of the molecule is CNS(=O)(=O)c1cc(NC(=O)[C@@H](NC(=O)c2ccccc2C)C(C)C)ccc1C. The number of rotatable bonds is 7. The van der Waals surface area contributed by atoms with E-state index in [2.05, 4.69) is 15.4 Å². The minimum absolute atomic E-state index is 0.0860. The van der Waals surface area contributed by atoms with E-state index in [-0.39, 0.29) is 16.7 Å². The van der Waals surface area contributed by atoms with E-state index in [1.165, 1.54) is 13.1 Å². The second-order valence-corrected chi connectivity index (χ2v) is 9.04. The molecule has 29 heavy (non-hydrogen) atoms. The van der Waals surface area contributed by atoms with Crippen molar-refractivity contribution in [2.24, 2.45) is 5.92 Å². The average molecular weight is 418 g/mol. The van der Waals surface area contributed by atoms with Crippen LogP contribution >= 0.6 is 0 Å². The van der Waals surface area contributed by atoms with Crippen LogP contribution in [0.25, 0.3) is 0 Å². The summed E-state index contributed by atoms with van der Waals surface area (Å²) >= 11 is 0. The zero-order valence-electron chi connectivity index (χ0n) is 17.2. The van der Waals surface area contributed by atoms with Gasteiger partial charge in [-0.3, -0.25) is 9.59 Å². The van der Waals surface area contributed by atoms with E-state index >= 15 is 0 Å². The summed E-state index contributed by atoms with van der Waals surface area (Å²) < 4.78 is 26.6. The van der Waals surface area contributed by atoms with Gasteiger partial charge in [-0.1, -0.05) is 38.1 Å².